The maximum absolute atomic E-state index is 14.2. The summed E-state index contributed by atoms with van der Waals surface area (Å²) in [5, 5.41) is 48.3. The van der Waals surface area contributed by atoms with Gasteiger partial charge in [-0.15, -0.1) is 0 Å². The first-order valence-corrected chi connectivity index (χ1v) is 18.9. The van der Waals surface area contributed by atoms with Crippen LogP contribution in [0, 0.1) is 23.7 Å². The molecule has 0 radical (unpaired) electrons. The molecule has 0 saturated carbocycles. The van der Waals surface area contributed by atoms with Gasteiger partial charge in [0.2, 0.25) is 0 Å². The lowest BCUT2D eigenvalue weighted by Gasteiger charge is -2.37. The summed E-state index contributed by atoms with van der Waals surface area (Å²) in [6.07, 6.45) is -3.72. The number of esters is 4. The van der Waals surface area contributed by atoms with E-state index in [1.807, 2.05) is 0 Å². The van der Waals surface area contributed by atoms with Crippen molar-refractivity contribution in [2.45, 2.75) is 193 Å². The molecule has 4 saturated heterocycles. The lowest BCUT2D eigenvalue weighted by atomic mass is 9.87. The maximum atomic E-state index is 14.2. The standard InChI is InChI=1S/C38H66N4O12/c1-31(2)17-21(35(9,10)39(31)47)25(43)51-29(52-26(44)22-18-32(3,4)40(48)36(22,11)12)30(53-27(45)23-19-33(5,6)41(49)37(23,13)14)54-28(46)24-20-34(7,8)42(50)38(24,15)16/h21-24,29-30,47-50H,17-20H2,1-16H3. The van der Waals surface area contributed by atoms with Crippen LogP contribution in [0.1, 0.15) is 136 Å². The third-order valence-electron chi connectivity index (χ3n) is 13.0. The molecule has 4 fully saturated rings. The molecule has 0 aromatic heterocycles. The summed E-state index contributed by atoms with van der Waals surface area (Å²) in [4.78, 5) is 56.7. The minimum atomic E-state index is -2.14. The quantitative estimate of drug-likeness (QED) is 0.182. The van der Waals surface area contributed by atoms with Crippen molar-refractivity contribution in [3.8, 4) is 0 Å². The minimum Gasteiger partial charge on any atom is -0.417 e. The summed E-state index contributed by atoms with van der Waals surface area (Å²) >= 11 is 0. The predicted octanol–water partition coefficient (Wildman–Crippen LogP) is 4.88. The van der Waals surface area contributed by atoms with E-state index in [2.05, 4.69) is 0 Å². The molecule has 0 spiro atoms. The smallest absolute Gasteiger partial charge is 0.320 e. The van der Waals surface area contributed by atoms with Crippen molar-refractivity contribution in [3.05, 3.63) is 0 Å². The molecule has 54 heavy (non-hydrogen) atoms. The number of rotatable bonds is 9. The van der Waals surface area contributed by atoms with Crippen LogP contribution in [-0.4, -0.2) is 122 Å². The van der Waals surface area contributed by atoms with Crippen LogP contribution < -0.4 is 0 Å². The number of hydroxylamine groups is 8. The lowest BCUT2D eigenvalue weighted by molar-refractivity contribution is -0.271. The molecular formula is C38H66N4O12. The van der Waals surface area contributed by atoms with E-state index in [-0.39, 0.29) is 25.7 Å². The zero-order valence-corrected chi connectivity index (χ0v) is 35.1. The van der Waals surface area contributed by atoms with Gasteiger partial charge in [0.1, 0.15) is 0 Å². The van der Waals surface area contributed by atoms with Crippen LogP contribution in [0.3, 0.4) is 0 Å². The molecule has 0 bridgehead atoms. The van der Waals surface area contributed by atoms with Gasteiger partial charge in [0.25, 0.3) is 0 Å². The lowest BCUT2D eigenvalue weighted by Crippen LogP contribution is -2.52. The van der Waals surface area contributed by atoms with Gasteiger partial charge in [0.05, 0.1) is 45.8 Å². The van der Waals surface area contributed by atoms with E-state index in [0.29, 0.717) is 0 Å². The summed E-state index contributed by atoms with van der Waals surface area (Å²) in [6.45, 7) is 27.2. The van der Waals surface area contributed by atoms with E-state index in [1.165, 1.54) is 0 Å². The van der Waals surface area contributed by atoms with Crippen molar-refractivity contribution >= 4 is 23.9 Å². The average Bonchev–Trinajstić information content (AvgIpc) is 3.47. The van der Waals surface area contributed by atoms with Crippen LogP contribution >= 0.6 is 0 Å². The van der Waals surface area contributed by atoms with E-state index in [0.717, 1.165) is 20.3 Å². The Morgan fingerprint density at radius 2 is 0.537 bits per heavy atom. The second-order valence-electron chi connectivity index (χ2n) is 20.6. The highest BCUT2D eigenvalue weighted by Gasteiger charge is 2.61. The van der Waals surface area contributed by atoms with Gasteiger partial charge in [-0.25, -0.2) is 0 Å². The molecule has 0 amide bonds. The molecule has 4 atom stereocenters. The van der Waals surface area contributed by atoms with Crippen molar-refractivity contribution < 1.29 is 59.0 Å². The van der Waals surface area contributed by atoms with Gasteiger partial charge in [0.15, 0.2) is 0 Å². The fraction of sp³-hybridized carbons (Fsp3) is 0.895. The molecule has 4 unspecified atom stereocenters. The number of ether oxygens (including phenoxy) is 4. The fourth-order valence-electron chi connectivity index (χ4n) is 9.60. The Hall–Kier alpha value is -2.44. The summed E-state index contributed by atoms with van der Waals surface area (Å²) < 4.78 is 23.7. The van der Waals surface area contributed by atoms with Crippen LogP contribution in [0.4, 0.5) is 0 Å². The van der Waals surface area contributed by atoms with Crippen molar-refractivity contribution in [2.24, 2.45) is 23.7 Å². The summed E-state index contributed by atoms with van der Waals surface area (Å²) in [6, 6.07) is 0. The van der Waals surface area contributed by atoms with Crippen LogP contribution in [0.5, 0.6) is 0 Å². The topological polar surface area (TPSA) is 199 Å². The SMILES string of the molecule is CC1(C)CC(C(=O)OC(OC(=O)C2CC(C)(C)N(O)C2(C)C)C(OC(=O)C2CC(C)(C)N(O)C2(C)C)OC(=O)C2CC(C)(C)N(O)C2(C)C)C(C)(C)N1O. The molecular weight excluding hydrogens is 704 g/mol. The molecule has 16 heteroatoms. The zero-order chi connectivity index (χ0) is 41.7. The molecule has 4 aliphatic heterocycles. The van der Waals surface area contributed by atoms with Gasteiger partial charge in [-0.05, 0) is 136 Å². The highest BCUT2D eigenvalue weighted by molar-refractivity contribution is 5.79. The number of hydrogen-bond donors (Lipinski definition) is 4. The molecule has 4 N–H and O–H groups in total. The summed E-state index contributed by atoms with van der Waals surface area (Å²) in [5.74, 6) is -7.56. The molecule has 4 heterocycles. The third-order valence-corrected chi connectivity index (χ3v) is 13.0. The van der Waals surface area contributed by atoms with Gasteiger partial charge in [-0.1, -0.05) is 0 Å². The van der Waals surface area contributed by atoms with Crippen molar-refractivity contribution in [1.82, 2.24) is 20.3 Å². The average molecular weight is 771 g/mol. The van der Waals surface area contributed by atoms with Gasteiger partial charge < -0.3 is 39.8 Å². The highest BCUT2D eigenvalue weighted by atomic mass is 16.8. The predicted molar refractivity (Wildman–Crippen MR) is 192 cm³/mol. The molecule has 0 aromatic carbocycles. The van der Waals surface area contributed by atoms with Crippen LogP contribution in [0.25, 0.3) is 0 Å². The fourth-order valence-corrected chi connectivity index (χ4v) is 9.60. The van der Waals surface area contributed by atoms with Gasteiger partial charge in [-0.2, -0.15) is 20.3 Å². The summed E-state index contributed by atoms with van der Waals surface area (Å²) in [5.41, 5.74) is -8.01. The second kappa shape index (κ2) is 13.6. The number of carbonyl (C=O) groups excluding carboxylic acids is 4. The van der Waals surface area contributed by atoms with E-state index in [1.54, 1.807) is 111 Å². The van der Waals surface area contributed by atoms with Crippen molar-refractivity contribution in [3.63, 3.8) is 0 Å². The molecule has 310 valence electrons. The largest absolute Gasteiger partial charge is 0.417 e. The van der Waals surface area contributed by atoms with Crippen LogP contribution in [0.2, 0.25) is 0 Å². The van der Waals surface area contributed by atoms with E-state index < -0.39 is 104 Å². The monoisotopic (exact) mass is 770 g/mol. The van der Waals surface area contributed by atoms with E-state index >= 15 is 0 Å². The molecule has 0 aromatic rings. The molecule has 4 aliphatic rings. The Bertz CT molecular complexity index is 1290. The Labute approximate surface area is 319 Å². The van der Waals surface area contributed by atoms with Crippen molar-refractivity contribution in [1.29, 1.82) is 0 Å². The second-order valence-corrected chi connectivity index (χ2v) is 20.6. The normalized spacial score (nSPS) is 33.2. The van der Waals surface area contributed by atoms with E-state index in [9.17, 15) is 40.0 Å². The Kier molecular flexibility index (Phi) is 11.2. The molecule has 16 nitrogen and oxygen atoms in total. The Balaban J connectivity index is 1.79. The number of hydrogen-bond acceptors (Lipinski definition) is 16. The maximum Gasteiger partial charge on any atom is 0.320 e. The Morgan fingerprint density at radius 1 is 0.389 bits per heavy atom. The van der Waals surface area contributed by atoms with Gasteiger partial charge >= 0.3 is 36.5 Å². The minimum absolute atomic E-state index is 0.138. The van der Waals surface area contributed by atoms with Crippen LogP contribution in [-0.2, 0) is 38.1 Å². The molecule has 0 aliphatic carbocycles. The number of nitrogens with zero attached hydrogens (tertiary/aromatic N) is 4. The van der Waals surface area contributed by atoms with Crippen molar-refractivity contribution in [2.75, 3.05) is 0 Å². The Morgan fingerprint density at radius 3 is 0.648 bits per heavy atom. The highest BCUT2D eigenvalue weighted by Crippen LogP contribution is 2.48. The zero-order valence-electron chi connectivity index (χ0n) is 35.1. The summed E-state index contributed by atoms with van der Waals surface area (Å²) in [7, 11) is 0. The first-order chi connectivity index (χ1) is 24.1. The van der Waals surface area contributed by atoms with E-state index in [4.69, 9.17) is 18.9 Å². The third kappa shape index (κ3) is 7.41. The van der Waals surface area contributed by atoms with Gasteiger partial charge in [-0.3, -0.25) is 19.2 Å². The van der Waals surface area contributed by atoms with Gasteiger partial charge in [0, 0.05) is 22.2 Å². The molecule has 4 rings (SSSR count). The first-order valence-electron chi connectivity index (χ1n) is 18.9. The van der Waals surface area contributed by atoms with Crippen LogP contribution in [0.15, 0.2) is 0 Å². The number of carbonyl (C=O) groups is 4. The first kappa shape index (κ1) is 44.3.